The first-order valence-corrected chi connectivity index (χ1v) is 11.6. The highest BCUT2D eigenvalue weighted by molar-refractivity contribution is 6.09. The van der Waals surface area contributed by atoms with Crippen LogP contribution in [0.3, 0.4) is 0 Å². The van der Waals surface area contributed by atoms with Crippen molar-refractivity contribution in [3.63, 3.8) is 0 Å². The summed E-state index contributed by atoms with van der Waals surface area (Å²) in [6.45, 7) is 0.867. The molecule has 0 bridgehead atoms. The van der Waals surface area contributed by atoms with Gasteiger partial charge >= 0.3 is 0 Å². The van der Waals surface area contributed by atoms with Gasteiger partial charge in [0.15, 0.2) is 0 Å². The van der Waals surface area contributed by atoms with Crippen molar-refractivity contribution in [2.24, 2.45) is 0 Å². The third kappa shape index (κ3) is 2.93. The molecule has 1 heteroatoms. The topological polar surface area (TPSA) is 4.93 Å². The number of benzene rings is 5. The molecule has 5 aromatic carbocycles. The molecule has 6 aromatic rings. The second-order valence-electron chi connectivity index (χ2n) is 9.03. The number of aromatic nitrogens is 1. The summed E-state index contributed by atoms with van der Waals surface area (Å²) in [5, 5.41) is 2.63. The average molecular weight is 422 g/mol. The summed E-state index contributed by atoms with van der Waals surface area (Å²) < 4.78 is 2.46. The minimum Gasteiger partial charge on any atom is -0.336 e. The predicted molar refractivity (Wildman–Crippen MR) is 139 cm³/mol. The van der Waals surface area contributed by atoms with E-state index in [1.54, 1.807) is 0 Å². The molecule has 0 amide bonds. The molecule has 156 valence electrons. The molecule has 0 saturated carbocycles. The Hall–Kier alpha value is -4.10. The highest BCUT2D eigenvalue weighted by Gasteiger charge is 2.19. The third-order valence-corrected chi connectivity index (χ3v) is 7.09. The van der Waals surface area contributed by atoms with Gasteiger partial charge in [0, 0.05) is 22.8 Å². The fraction of sp³-hybridized carbons (Fsp3) is 0.0625. The molecule has 0 fully saturated rings. The van der Waals surface area contributed by atoms with E-state index in [1.807, 2.05) is 0 Å². The lowest BCUT2D eigenvalue weighted by atomic mass is 9.98. The fourth-order valence-electron chi connectivity index (χ4n) is 5.47. The molecular weight excluding hydrogens is 398 g/mol. The maximum atomic E-state index is 2.46. The van der Waals surface area contributed by atoms with Gasteiger partial charge < -0.3 is 4.57 Å². The van der Waals surface area contributed by atoms with E-state index in [0.29, 0.717) is 0 Å². The zero-order valence-electron chi connectivity index (χ0n) is 18.3. The van der Waals surface area contributed by atoms with Gasteiger partial charge in [0.25, 0.3) is 0 Å². The molecule has 1 aliphatic carbocycles. The van der Waals surface area contributed by atoms with Crippen molar-refractivity contribution in [2.75, 3.05) is 0 Å². The van der Waals surface area contributed by atoms with Crippen molar-refractivity contribution < 1.29 is 0 Å². The second kappa shape index (κ2) is 7.21. The first-order chi connectivity index (χ1) is 16.3. The van der Waals surface area contributed by atoms with E-state index in [2.05, 4.69) is 120 Å². The summed E-state index contributed by atoms with van der Waals surface area (Å²) in [5.74, 6) is 0. The van der Waals surface area contributed by atoms with Crippen LogP contribution < -0.4 is 0 Å². The molecule has 1 nitrogen and oxygen atoms in total. The standard InChI is InChI=1S/C32H23N/c1-2-8-22(9-3-1)21-33-31-13-7-6-12-28(31)29-17-16-24(20-32(29)33)23-14-15-26-18-25-10-4-5-11-27(25)30(26)19-23/h1-17,19-20H,18,21H2. The van der Waals surface area contributed by atoms with E-state index in [9.17, 15) is 0 Å². The molecule has 1 heterocycles. The number of hydrogen-bond donors (Lipinski definition) is 0. The molecule has 0 spiro atoms. The largest absolute Gasteiger partial charge is 0.336 e. The Kier molecular flexibility index (Phi) is 4.04. The van der Waals surface area contributed by atoms with Crippen LogP contribution in [0.25, 0.3) is 44.1 Å². The van der Waals surface area contributed by atoms with Gasteiger partial charge in [-0.1, -0.05) is 97.1 Å². The summed E-state index contributed by atoms with van der Waals surface area (Å²) in [6, 6.07) is 42.3. The molecular formula is C32H23N. The van der Waals surface area contributed by atoms with E-state index >= 15 is 0 Å². The number of fused-ring (bicyclic) bond motifs is 6. The SMILES string of the molecule is c1ccc(Cn2c3ccccc3c3ccc(-c4ccc5c(c4)-c4ccccc4C5)cc32)cc1. The van der Waals surface area contributed by atoms with Crippen LogP contribution >= 0.6 is 0 Å². The van der Waals surface area contributed by atoms with Crippen molar-refractivity contribution in [1.82, 2.24) is 4.57 Å². The Morgan fingerprint density at radius 2 is 1.21 bits per heavy atom. The molecule has 0 saturated heterocycles. The Labute approximate surface area is 193 Å². The maximum absolute atomic E-state index is 2.46. The number of hydrogen-bond acceptors (Lipinski definition) is 0. The lowest BCUT2D eigenvalue weighted by Gasteiger charge is -2.10. The first-order valence-electron chi connectivity index (χ1n) is 11.6. The molecule has 0 aliphatic heterocycles. The lowest BCUT2D eigenvalue weighted by molar-refractivity contribution is 0.869. The van der Waals surface area contributed by atoms with Crippen molar-refractivity contribution in [1.29, 1.82) is 0 Å². The van der Waals surface area contributed by atoms with Gasteiger partial charge in [0.05, 0.1) is 5.52 Å². The van der Waals surface area contributed by atoms with Crippen LogP contribution in [0.4, 0.5) is 0 Å². The van der Waals surface area contributed by atoms with Crippen LogP contribution in [0, 0.1) is 0 Å². The Morgan fingerprint density at radius 3 is 2.15 bits per heavy atom. The predicted octanol–water partition coefficient (Wildman–Crippen LogP) is 8.08. The van der Waals surface area contributed by atoms with Crippen LogP contribution in [-0.4, -0.2) is 4.57 Å². The maximum Gasteiger partial charge on any atom is 0.0500 e. The summed E-state index contributed by atoms with van der Waals surface area (Å²) in [5.41, 5.74) is 12.1. The van der Waals surface area contributed by atoms with Gasteiger partial charge in [-0.15, -0.1) is 0 Å². The van der Waals surface area contributed by atoms with Gasteiger partial charge in [-0.3, -0.25) is 0 Å². The number of rotatable bonds is 3. The van der Waals surface area contributed by atoms with Gasteiger partial charge in [0.1, 0.15) is 0 Å². The summed E-state index contributed by atoms with van der Waals surface area (Å²) >= 11 is 0. The van der Waals surface area contributed by atoms with Crippen molar-refractivity contribution in [2.45, 2.75) is 13.0 Å². The van der Waals surface area contributed by atoms with Crippen molar-refractivity contribution in [3.05, 3.63) is 132 Å². The minimum atomic E-state index is 0.867. The van der Waals surface area contributed by atoms with Crippen molar-refractivity contribution >= 4 is 21.8 Å². The van der Waals surface area contributed by atoms with E-state index < -0.39 is 0 Å². The van der Waals surface area contributed by atoms with Crippen LogP contribution in [0.2, 0.25) is 0 Å². The van der Waals surface area contributed by atoms with Crippen LogP contribution in [0.5, 0.6) is 0 Å². The zero-order valence-corrected chi connectivity index (χ0v) is 18.3. The average Bonchev–Trinajstić information content (AvgIpc) is 3.40. The second-order valence-corrected chi connectivity index (χ2v) is 9.03. The van der Waals surface area contributed by atoms with Gasteiger partial charge in [-0.05, 0) is 63.6 Å². The smallest absolute Gasteiger partial charge is 0.0500 e. The number of nitrogens with zero attached hydrogens (tertiary/aromatic N) is 1. The van der Waals surface area contributed by atoms with E-state index in [4.69, 9.17) is 0 Å². The molecule has 0 unspecified atom stereocenters. The Balaban J connectivity index is 1.41. The molecule has 1 aliphatic rings. The summed E-state index contributed by atoms with van der Waals surface area (Å²) in [6.07, 6.45) is 1.04. The summed E-state index contributed by atoms with van der Waals surface area (Å²) in [4.78, 5) is 0. The molecule has 0 N–H and O–H groups in total. The number of para-hydroxylation sites is 1. The van der Waals surface area contributed by atoms with Gasteiger partial charge in [-0.2, -0.15) is 0 Å². The van der Waals surface area contributed by atoms with E-state index in [1.165, 1.54) is 60.8 Å². The molecule has 0 atom stereocenters. The molecule has 0 radical (unpaired) electrons. The highest BCUT2D eigenvalue weighted by atomic mass is 15.0. The zero-order chi connectivity index (χ0) is 21.8. The Morgan fingerprint density at radius 1 is 0.515 bits per heavy atom. The van der Waals surface area contributed by atoms with Gasteiger partial charge in [-0.25, -0.2) is 0 Å². The van der Waals surface area contributed by atoms with Crippen LogP contribution in [0.1, 0.15) is 16.7 Å². The van der Waals surface area contributed by atoms with Crippen LogP contribution in [-0.2, 0) is 13.0 Å². The van der Waals surface area contributed by atoms with E-state index in [0.717, 1.165) is 13.0 Å². The summed E-state index contributed by atoms with van der Waals surface area (Å²) in [7, 11) is 0. The first kappa shape index (κ1) is 18.5. The normalized spacial score (nSPS) is 12.2. The lowest BCUT2D eigenvalue weighted by Crippen LogP contribution is -1.99. The molecule has 7 rings (SSSR count). The van der Waals surface area contributed by atoms with Crippen LogP contribution in [0.15, 0.2) is 115 Å². The van der Waals surface area contributed by atoms with Gasteiger partial charge in [0.2, 0.25) is 0 Å². The minimum absolute atomic E-state index is 0.867. The third-order valence-electron chi connectivity index (χ3n) is 7.09. The van der Waals surface area contributed by atoms with E-state index in [-0.39, 0.29) is 0 Å². The quantitative estimate of drug-likeness (QED) is 0.272. The molecule has 1 aromatic heterocycles. The Bertz CT molecular complexity index is 1650. The van der Waals surface area contributed by atoms with Crippen molar-refractivity contribution in [3.8, 4) is 22.3 Å². The highest BCUT2D eigenvalue weighted by Crippen LogP contribution is 2.40. The fourth-order valence-corrected chi connectivity index (χ4v) is 5.47. The monoisotopic (exact) mass is 421 g/mol. The molecule has 33 heavy (non-hydrogen) atoms.